The van der Waals surface area contributed by atoms with Crippen LogP contribution in [0, 0.1) is 0 Å². The second-order valence-electron chi connectivity index (χ2n) is 23.2. The molecule has 0 fully saturated rings. The van der Waals surface area contributed by atoms with Crippen LogP contribution in [-0.4, -0.2) is 69.4 Å². The van der Waals surface area contributed by atoms with Crippen LogP contribution in [0.5, 0.6) is 0 Å². The fourth-order valence-corrected chi connectivity index (χ4v) is 10.3. The third-order valence-corrected chi connectivity index (χ3v) is 15.5. The minimum atomic E-state index is -4.70. The van der Waals surface area contributed by atoms with Crippen LogP contribution in [0.2, 0.25) is 0 Å². The molecule has 0 radical (unpaired) electrons. The summed E-state index contributed by atoms with van der Waals surface area (Å²) in [5, 5.41) is 3.03. The Balaban J connectivity index is 5.10. The monoisotopic (exact) mass is 1080 g/mol. The second kappa shape index (κ2) is 55.5. The van der Waals surface area contributed by atoms with Crippen LogP contribution in [0.3, 0.4) is 0 Å². The van der Waals surface area contributed by atoms with Crippen molar-refractivity contribution in [3.8, 4) is 0 Å². The average Bonchev–Trinajstić information content (AvgIpc) is 3.37. The Morgan fingerprint density at radius 2 is 0.853 bits per heavy atom. The van der Waals surface area contributed by atoms with Gasteiger partial charge in [-0.1, -0.05) is 282 Å². The van der Waals surface area contributed by atoms with Gasteiger partial charge in [-0.15, -0.1) is 0 Å². The number of hydrogen-bond donors (Lipinski definition) is 1. The number of hydrogen-bond acceptors (Lipinski definition) is 7. The maximum Gasteiger partial charge on any atom is 0.306 e. The zero-order valence-corrected chi connectivity index (χ0v) is 51.4. The zero-order valence-electron chi connectivity index (χ0n) is 50.5. The number of phosphoric ester groups is 1. The van der Waals surface area contributed by atoms with E-state index in [1.165, 1.54) is 199 Å². The molecule has 3 atom stereocenters. The van der Waals surface area contributed by atoms with Crippen molar-refractivity contribution < 1.29 is 37.3 Å². The molecule has 0 aliphatic rings. The fourth-order valence-electron chi connectivity index (χ4n) is 9.62. The summed E-state index contributed by atoms with van der Waals surface area (Å²) in [7, 11) is 1.19. The highest BCUT2D eigenvalue weighted by molar-refractivity contribution is 7.45. The van der Waals surface area contributed by atoms with Gasteiger partial charge in [0.2, 0.25) is 5.91 Å². The van der Waals surface area contributed by atoms with E-state index in [0.717, 1.165) is 83.5 Å². The molecule has 442 valence electrons. The summed E-state index contributed by atoms with van der Waals surface area (Å²) in [6.07, 6.45) is 66.9. The van der Waals surface area contributed by atoms with Gasteiger partial charge in [0.1, 0.15) is 19.3 Å². The highest BCUT2D eigenvalue weighted by Crippen LogP contribution is 2.38. The van der Waals surface area contributed by atoms with Crippen molar-refractivity contribution >= 4 is 19.7 Å². The molecule has 0 aromatic carbocycles. The highest BCUT2D eigenvalue weighted by atomic mass is 31.2. The van der Waals surface area contributed by atoms with Crippen LogP contribution in [0.1, 0.15) is 316 Å². The van der Waals surface area contributed by atoms with Crippen molar-refractivity contribution in [1.82, 2.24) is 5.32 Å². The van der Waals surface area contributed by atoms with E-state index in [2.05, 4.69) is 50.4 Å². The normalized spacial score (nSPS) is 13.9. The Morgan fingerprint density at radius 1 is 0.480 bits per heavy atom. The molecule has 0 saturated carbocycles. The van der Waals surface area contributed by atoms with Gasteiger partial charge in [0, 0.05) is 12.8 Å². The predicted octanol–water partition coefficient (Wildman–Crippen LogP) is 19.3. The summed E-state index contributed by atoms with van der Waals surface area (Å²) < 4.78 is 30.3. The lowest BCUT2D eigenvalue weighted by Gasteiger charge is -2.30. The van der Waals surface area contributed by atoms with Crippen LogP contribution >= 0.6 is 7.82 Å². The van der Waals surface area contributed by atoms with Crippen LogP contribution in [0.4, 0.5) is 0 Å². The van der Waals surface area contributed by atoms with Crippen LogP contribution in [0.15, 0.2) is 36.5 Å². The van der Waals surface area contributed by atoms with E-state index >= 15 is 0 Å². The second-order valence-corrected chi connectivity index (χ2v) is 24.7. The first-order valence-corrected chi connectivity index (χ1v) is 33.8. The molecule has 0 spiro atoms. The van der Waals surface area contributed by atoms with E-state index in [9.17, 15) is 19.0 Å². The Labute approximate surface area is 466 Å². The largest absolute Gasteiger partial charge is 0.756 e. The van der Waals surface area contributed by atoms with Crippen molar-refractivity contribution in [2.75, 3.05) is 40.9 Å². The number of ether oxygens (including phenoxy) is 1. The number of likely N-dealkylation sites (N-methyl/N-ethyl adjacent to an activating group) is 1. The zero-order chi connectivity index (χ0) is 55.0. The standard InChI is InChI=1S/C65H125N2O7P/c1-7-10-13-16-19-22-25-28-30-31-32-33-34-35-36-37-38-40-43-46-49-52-55-58-65(69)74-63(56-53-50-47-44-41-27-24-21-18-15-12-9-3)62(61-73-75(70,71)72-60-59-67(4,5)6)66-64(68)57-54-51-48-45-42-39-29-26-23-20-17-14-11-8-2/h11,14,20,23,53,56,62-63H,7-10,12-13,15-19,21-22,24-52,54-55,57-61H2,1-6H3,(H-,66,68,70,71)/b14-11+,23-20+,56-53-. The van der Waals surface area contributed by atoms with E-state index < -0.39 is 20.0 Å². The van der Waals surface area contributed by atoms with Crippen LogP contribution in [-0.2, 0) is 27.9 Å². The van der Waals surface area contributed by atoms with E-state index in [0.29, 0.717) is 17.4 Å². The molecule has 0 heterocycles. The lowest BCUT2D eigenvalue weighted by molar-refractivity contribution is -0.870. The summed E-state index contributed by atoms with van der Waals surface area (Å²) >= 11 is 0. The van der Waals surface area contributed by atoms with Gasteiger partial charge in [-0.2, -0.15) is 0 Å². The molecule has 1 amide bonds. The molecular weight excluding hydrogens is 952 g/mol. The predicted molar refractivity (Wildman–Crippen MR) is 321 cm³/mol. The minimum Gasteiger partial charge on any atom is -0.756 e. The average molecular weight is 1080 g/mol. The number of phosphoric acid groups is 1. The summed E-state index contributed by atoms with van der Waals surface area (Å²) in [5.74, 6) is -0.536. The highest BCUT2D eigenvalue weighted by Gasteiger charge is 2.27. The number of amides is 1. The SMILES string of the molecule is CC/C=C/C/C=C/CCCCCCCCCC(=O)NC(COP(=O)([O-])OCC[N+](C)(C)C)C(/C=C\CCCCCCCCCCCC)OC(=O)CCCCCCCCCCCCCCCCCCCCCCCCC. The van der Waals surface area contributed by atoms with Gasteiger partial charge in [0.05, 0.1) is 33.8 Å². The van der Waals surface area contributed by atoms with Crippen LogP contribution in [0.25, 0.3) is 0 Å². The maximum absolute atomic E-state index is 13.5. The van der Waals surface area contributed by atoms with Crippen molar-refractivity contribution in [2.45, 2.75) is 328 Å². The van der Waals surface area contributed by atoms with E-state index in [4.69, 9.17) is 13.8 Å². The summed E-state index contributed by atoms with van der Waals surface area (Å²) in [4.78, 5) is 40.0. The molecule has 0 aliphatic carbocycles. The summed E-state index contributed by atoms with van der Waals surface area (Å²) in [6.45, 7) is 6.77. The number of allylic oxidation sites excluding steroid dienone is 5. The van der Waals surface area contributed by atoms with Crippen molar-refractivity contribution in [2.24, 2.45) is 0 Å². The summed E-state index contributed by atoms with van der Waals surface area (Å²) in [6, 6.07) is -0.888. The quantitative estimate of drug-likeness (QED) is 0.0212. The molecule has 0 aromatic rings. The number of esters is 1. The Morgan fingerprint density at radius 3 is 1.27 bits per heavy atom. The molecule has 0 rings (SSSR count). The smallest absolute Gasteiger partial charge is 0.306 e. The van der Waals surface area contributed by atoms with Gasteiger partial charge >= 0.3 is 5.97 Å². The maximum atomic E-state index is 13.5. The van der Waals surface area contributed by atoms with Gasteiger partial charge in [-0.3, -0.25) is 14.2 Å². The van der Waals surface area contributed by atoms with Gasteiger partial charge in [0.25, 0.3) is 7.82 Å². The molecule has 10 heteroatoms. The first-order chi connectivity index (χ1) is 36.4. The van der Waals surface area contributed by atoms with Crippen LogP contribution < -0.4 is 10.2 Å². The lowest BCUT2D eigenvalue weighted by atomic mass is 10.0. The topological polar surface area (TPSA) is 114 Å². The molecule has 75 heavy (non-hydrogen) atoms. The van der Waals surface area contributed by atoms with E-state index in [-0.39, 0.29) is 31.5 Å². The number of rotatable bonds is 59. The fraction of sp³-hybridized carbons (Fsp3) is 0.877. The third kappa shape index (κ3) is 56.8. The molecule has 0 aromatic heterocycles. The number of quaternary nitrogens is 1. The lowest BCUT2D eigenvalue weighted by Crippen LogP contribution is -2.47. The molecule has 0 aliphatic heterocycles. The number of carbonyl (C=O) groups is 2. The molecule has 3 unspecified atom stereocenters. The molecule has 9 nitrogen and oxygen atoms in total. The van der Waals surface area contributed by atoms with Crippen molar-refractivity contribution in [3.05, 3.63) is 36.5 Å². The molecule has 0 saturated heterocycles. The third-order valence-electron chi connectivity index (χ3n) is 14.6. The number of nitrogens with one attached hydrogen (secondary N) is 1. The molecular formula is C65H125N2O7P. The minimum absolute atomic E-state index is 0.0218. The van der Waals surface area contributed by atoms with E-state index in [1.807, 2.05) is 33.3 Å². The van der Waals surface area contributed by atoms with E-state index in [1.54, 1.807) is 0 Å². The first-order valence-electron chi connectivity index (χ1n) is 32.3. The Hall–Kier alpha value is -1.77. The van der Waals surface area contributed by atoms with Gasteiger partial charge in [-0.25, -0.2) is 0 Å². The summed E-state index contributed by atoms with van der Waals surface area (Å²) in [5.41, 5.74) is 0. The first kappa shape index (κ1) is 73.2. The van der Waals surface area contributed by atoms with Crippen molar-refractivity contribution in [3.63, 3.8) is 0 Å². The van der Waals surface area contributed by atoms with Gasteiger partial charge in [0.15, 0.2) is 0 Å². The van der Waals surface area contributed by atoms with Crippen molar-refractivity contribution in [1.29, 1.82) is 0 Å². The number of unbranched alkanes of at least 4 members (excludes halogenated alkanes) is 39. The molecule has 1 N–H and O–H groups in total. The molecule has 0 bridgehead atoms. The Kier molecular flexibility index (Phi) is 54.2. The Bertz CT molecular complexity index is 1380. The van der Waals surface area contributed by atoms with Gasteiger partial charge in [-0.05, 0) is 57.4 Å². The number of carbonyl (C=O) groups excluding carboxylic acids is 2. The number of nitrogens with zero attached hydrogens (tertiary/aromatic N) is 1. The van der Waals surface area contributed by atoms with Gasteiger partial charge < -0.3 is 28.5 Å².